The van der Waals surface area contributed by atoms with E-state index >= 15 is 0 Å². The van der Waals surface area contributed by atoms with Gasteiger partial charge in [0.25, 0.3) is 5.78 Å². The van der Waals surface area contributed by atoms with Crippen LogP contribution in [0.5, 0.6) is 11.5 Å². The number of thiazole rings is 1. The highest BCUT2D eigenvalue weighted by molar-refractivity contribution is 7.22. The maximum absolute atomic E-state index is 13.6. The SMILES string of the molecule is COc1ccc2nc(N3C(=O)C(=O)/C(=C(/O)c4ccc5c(c4)C[C@@H](C)O5)[C@H]3c3ccc(C(C)(C)C)cc3)sc2c1. The summed E-state index contributed by atoms with van der Waals surface area (Å²) in [5, 5.41) is 12.0. The van der Waals surface area contributed by atoms with Crippen molar-refractivity contribution < 1.29 is 24.2 Å². The Hall–Kier alpha value is -4.17. The molecular formula is C32H30N2O5S. The molecule has 2 atom stereocenters. The minimum Gasteiger partial charge on any atom is -0.507 e. The quantitative estimate of drug-likeness (QED) is 0.175. The molecule has 1 saturated heterocycles. The molecule has 6 rings (SSSR count). The number of rotatable bonds is 4. The van der Waals surface area contributed by atoms with E-state index in [0.717, 1.165) is 21.6 Å². The minimum atomic E-state index is -0.847. The lowest BCUT2D eigenvalue weighted by Gasteiger charge is -2.24. The van der Waals surface area contributed by atoms with Crippen LogP contribution in [-0.2, 0) is 21.4 Å². The van der Waals surface area contributed by atoms with Crippen LogP contribution in [0.4, 0.5) is 5.13 Å². The number of hydrogen-bond donors (Lipinski definition) is 1. The first kappa shape index (κ1) is 26.1. The lowest BCUT2D eigenvalue weighted by molar-refractivity contribution is -0.132. The Labute approximate surface area is 236 Å². The largest absolute Gasteiger partial charge is 0.507 e. The van der Waals surface area contributed by atoms with Gasteiger partial charge < -0.3 is 14.6 Å². The highest BCUT2D eigenvalue weighted by Gasteiger charge is 2.48. The van der Waals surface area contributed by atoms with Crippen LogP contribution in [0, 0.1) is 0 Å². The molecule has 1 N–H and O–H groups in total. The number of ether oxygens (including phenoxy) is 2. The topological polar surface area (TPSA) is 89.0 Å². The van der Waals surface area contributed by atoms with Gasteiger partial charge in [-0.3, -0.25) is 14.5 Å². The Morgan fingerprint density at radius 1 is 1.07 bits per heavy atom. The fourth-order valence-corrected chi connectivity index (χ4v) is 6.38. The fraction of sp³-hybridized carbons (Fsp3) is 0.281. The highest BCUT2D eigenvalue weighted by Crippen LogP contribution is 2.45. The van der Waals surface area contributed by atoms with Gasteiger partial charge in [0.15, 0.2) is 5.13 Å². The van der Waals surface area contributed by atoms with E-state index in [1.807, 2.05) is 49.4 Å². The van der Waals surface area contributed by atoms with Crippen molar-refractivity contribution in [3.63, 3.8) is 0 Å². The highest BCUT2D eigenvalue weighted by atomic mass is 32.1. The first-order valence-corrected chi connectivity index (χ1v) is 14.0. The van der Waals surface area contributed by atoms with Crippen LogP contribution in [0.25, 0.3) is 16.0 Å². The van der Waals surface area contributed by atoms with Crippen molar-refractivity contribution in [2.24, 2.45) is 0 Å². The third-order valence-electron chi connectivity index (χ3n) is 7.50. The van der Waals surface area contributed by atoms with Gasteiger partial charge in [0, 0.05) is 12.0 Å². The van der Waals surface area contributed by atoms with E-state index in [4.69, 9.17) is 14.5 Å². The predicted octanol–water partition coefficient (Wildman–Crippen LogP) is 6.55. The van der Waals surface area contributed by atoms with Gasteiger partial charge in [-0.2, -0.15) is 0 Å². The number of anilines is 1. The molecule has 0 unspecified atom stereocenters. The Bertz CT molecular complexity index is 1700. The molecule has 2 aliphatic rings. The number of carbonyl (C=O) groups excluding carboxylic acids is 2. The summed E-state index contributed by atoms with van der Waals surface area (Å²) >= 11 is 1.30. The van der Waals surface area contributed by atoms with Gasteiger partial charge in [-0.1, -0.05) is 56.4 Å². The zero-order valence-corrected chi connectivity index (χ0v) is 23.8. The lowest BCUT2D eigenvalue weighted by atomic mass is 9.85. The average molecular weight is 555 g/mol. The smallest absolute Gasteiger partial charge is 0.301 e. The van der Waals surface area contributed by atoms with Gasteiger partial charge in [0.1, 0.15) is 23.4 Å². The van der Waals surface area contributed by atoms with Crippen molar-refractivity contribution in [2.45, 2.75) is 51.7 Å². The summed E-state index contributed by atoms with van der Waals surface area (Å²) in [6.45, 7) is 8.37. The molecule has 40 heavy (non-hydrogen) atoms. The van der Waals surface area contributed by atoms with E-state index in [2.05, 4.69) is 20.8 Å². The monoisotopic (exact) mass is 554 g/mol. The molecule has 4 aromatic rings. The number of Topliss-reactive ketones (excluding diaryl/α,β-unsaturated/α-hetero) is 1. The Morgan fingerprint density at radius 3 is 2.52 bits per heavy atom. The number of fused-ring (bicyclic) bond motifs is 2. The third kappa shape index (κ3) is 4.32. The molecule has 8 heteroatoms. The number of aliphatic hydroxyl groups excluding tert-OH is 1. The molecule has 0 radical (unpaired) electrons. The minimum absolute atomic E-state index is 0.0389. The van der Waals surface area contributed by atoms with E-state index < -0.39 is 17.7 Å². The molecule has 1 amide bonds. The van der Waals surface area contributed by atoms with Crippen LogP contribution in [0.1, 0.15) is 56.0 Å². The van der Waals surface area contributed by atoms with Crippen LogP contribution in [-0.4, -0.2) is 35.0 Å². The number of carbonyl (C=O) groups is 2. The summed E-state index contributed by atoms with van der Waals surface area (Å²) in [4.78, 5) is 33.4. The van der Waals surface area contributed by atoms with Crippen LogP contribution < -0.4 is 14.4 Å². The average Bonchev–Trinajstić information content (AvgIpc) is 3.59. The van der Waals surface area contributed by atoms with E-state index in [1.165, 1.54) is 16.2 Å². The summed E-state index contributed by atoms with van der Waals surface area (Å²) in [7, 11) is 1.59. The number of aliphatic hydroxyl groups is 1. The number of ketones is 1. The molecule has 2 aliphatic heterocycles. The lowest BCUT2D eigenvalue weighted by Crippen LogP contribution is -2.29. The second kappa shape index (κ2) is 9.48. The van der Waals surface area contributed by atoms with Gasteiger partial charge in [-0.15, -0.1) is 0 Å². The molecule has 1 fully saturated rings. The van der Waals surface area contributed by atoms with Crippen molar-refractivity contribution in [1.82, 2.24) is 4.98 Å². The molecule has 7 nitrogen and oxygen atoms in total. The number of aromatic nitrogens is 1. The predicted molar refractivity (Wildman–Crippen MR) is 156 cm³/mol. The molecule has 0 bridgehead atoms. The normalized spacial score (nSPS) is 20.2. The van der Waals surface area contributed by atoms with E-state index in [-0.39, 0.29) is 22.9 Å². The Balaban J connectivity index is 1.52. The van der Waals surface area contributed by atoms with Gasteiger partial charge in [0.05, 0.1) is 28.9 Å². The maximum Gasteiger partial charge on any atom is 0.301 e. The number of nitrogens with zero attached hydrogens (tertiary/aromatic N) is 2. The van der Waals surface area contributed by atoms with Gasteiger partial charge in [0.2, 0.25) is 0 Å². The van der Waals surface area contributed by atoms with Crippen molar-refractivity contribution in [3.8, 4) is 11.5 Å². The van der Waals surface area contributed by atoms with Gasteiger partial charge in [-0.25, -0.2) is 4.98 Å². The van der Waals surface area contributed by atoms with Crippen LogP contribution in [0.3, 0.4) is 0 Å². The molecule has 0 spiro atoms. The fourth-order valence-electron chi connectivity index (χ4n) is 5.36. The number of amides is 1. The maximum atomic E-state index is 13.6. The second-order valence-electron chi connectivity index (χ2n) is 11.3. The first-order chi connectivity index (χ1) is 19.0. The summed E-state index contributed by atoms with van der Waals surface area (Å²) in [6, 6.07) is 17.9. The molecule has 3 heterocycles. The molecule has 0 aliphatic carbocycles. The molecule has 0 saturated carbocycles. The summed E-state index contributed by atoms with van der Waals surface area (Å²) in [6.07, 6.45) is 0.745. The van der Waals surface area contributed by atoms with Gasteiger partial charge in [-0.05, 0) is 65.4 Å². The van der Waals surface area contributed by atoms with Crippen LogP contribution in [0.2, 0.25) is 0 Å². The van der Waals surface area contributed by atoms with Crippen LogP contribution in [0.15, 0.2) is 66.2 Å². The van der Waals surface area contributed by atoms with E-state index in [0.29, 0.717) is 33.9 Å². The first-order valence-electron chi connectivity index (χ1n) is 13.2. The standard InChI is InChI=1S/C32H30N2O5S/c1-17-14-20-15-19(8-13-24(20)39-17)28(35)26-27(18-6-9-21(10-7-18)32(2,3)4)34(30(37)29(26)36)31-33-23-12-11-22(38-5)16-25(23)40-31/h6-13,15-17,27,35H,14H2,1-5H3/b28-26+/t17-,27-/m1/s1. The number of methoxy groups -OCH3 is 1. The van der Waals surface area contributed by atoms with E-state index in [1.54, 1.807) is 25.3 Å². The summed E-state index contributed by atoms with van der Waals surface area (Å²) in [5.41, 5.74) is 3.92. The molecule has 1 aromatic heterocycles. The molecule has 204 valence electrons. The molecular weight excluding hydrogens is 524 g/mol. The summed E-state index contributed by atoms with van der Waals surface area (Å²) in [5.74, 6) is -0.242. The van der Waals surface area contributed by atoms with Crippen molar-refractivity contribution in [3.05, 3.63) is 88.5 Å². The van der Waals surface area contributed by atoms with Crippen molar-refractivity contribution in [2.75, 3.05) is 12.0 Å². The number of benzene rings is 3. The second-order valence-corrected chi connectivity index (χ2v) is 12.3. The Morgan fingerprint density at radius 2 is 1.82 bits per heavy atom. The number of hydrogen-bond acceptors (Lipinski definition) is 7. The Kier molecular flexibility index (Phi) is 6.18. The third-order valence-corrected chi connectivity index (χ3v) is 8.51. The zero-order valence-electron chi connectivity index (χ0n) is 23.0. The van der Waals surface area contributed by atoms with Crippen molar-refractivity contribution in [1.29, 1.82) is 0 Å². The summed E-state index contributed by atoms with van der Waals surface area (Å²) < 4.78 is 12.0. The van der Waals surface area contributed by atoms with Gasteiger partial charge >= 0.3 is 5.91 Å². The van der Waals surface area contributed by atoms with Crippen LogP contribution >= 0.6 is 11.3 Å². The van der Waals surface area contributed by atoms with Crippen molar-refractivity contribution >= 4 is 44.1 Å². The van der Waals surface area contributed by atoms with E-state index in [9.17, 15) is 14.7 Å². The zero-order chi connectivity index (χ0) is 28.3. The molecule has 3 aromatic carbocycles.